The number of carbonyl (C=O) groups is 2. The van der Waals surface area contributed by atoms with Crippen molar-refractivity contribution in [2.45, 2.75) is 46.0 Å². The van der Waals surface area contributed by atoms with E-state index in [9.17, 15) is 9.59 Å². The van der Waals surface area contributed by atoms with Gasteiger partial charge in [0.2, 0.25) is 0 Å². The van der Waals surface area contributed by atoms with Crippen LogP contribution in [-0.2, 0) is 14.3 Å². The van der Waals surface area contributed by atoms with E-state index in [1.54, 1.807) is 6.08 Å². The van der Waals surface area contributed by atoms with Crippen molar-refractivity contribution in [3.63, 3.8) is 0 Å². The lowest BCUT2D eigenvalue weighted by Crippen LogP contribution is -2.04. The van der Waals surface area contributed by atoms with E-state index in [-0.39, 0.29) is 18.3 Å². The van der Waals surface area contributed by atoms with Crippen molar-refractivity contribution in [3.8, 4) is 0 Å². The van der Waals surface area contributed by atoms with Crippen LogP contribution < -0.4 is 0 Å². The molecule has 18 heavy (non-hydrogen) atoms. The van der Waals surface area contributed by atoms with Crippen molar-refractivity contribution in [2.24, 2.45) is 5.92 Å². The molecule has 1 unspecified atom stereocenters. The maximum atomic E-state index is 10.4. The average molecular weight is 256 g/mol. The molecule has 0 aromatic carbocycles. The van der Waals surface area contributed by atoms with Gasteiger partial charge in [-0.1, -0.05) is 38.8 Å². The molecule has 0 saturated carbocycles. The molecule has 0 spiro atoms. The van der Waals surface area contributed by atoms with Crippen LogP contribution in [0.5, 0.6) is 0 Å². The highest BCUT2D eigenvalue weighted by atomic mass is 16.5. The zero-order chi connectivity index (χ0) is 14.4. The summed E-state index contributed by atoms with van der Waals surface area (Å²) >= 11 is 0. The summed E-state index contributed by atoms with van der Waals surface area (Å²) in [5.74, 6) is -0.893. The van der Waals surface area contributed by atoms with Crippen LogP contribution in [0, 0.1) is 5.92 Å². The van der Waals surface area contributed by atoms with Crippen LogP contribution in [0.3, 0.4) is 0 Å². The highest BCUT2D eigenvalue weighted by molar-refractivity contribution is 5.67. The summed E-state index contributed by atoms with van der Waals surface area (Å²) in [7, 11) is 0. The Morgan fingerprint density at radius 3 is 2.22 bits per heavy atom. The van der Waals surface area contributed by atoms with Gasteiger partial charge in [0.15, 0.2) is 0 Å². The number of unbranched alkanes of at least 4 members (excludes halogenated alkanes) is 2. The fourth-order valence-electron chi connectivity index (χ4n) is 1.30. The van der Waals surface area contributed by atoms with E-state index >= 15 is 0 Å². The molecule has 0 aliphatic rings. The molecule has 4 heteroatoms. The number of hydrogen-bond donors (Lipinski definition) is 1. The van der Waals surface area contributed by atoms with Crippen molar-refractivity contribution in [1.29, 1.82) is 0 Å². The molecule has 0 amide bonds. The zero-order valence-electron chi connectivity index (χ0n) is 11.4. The molecule has 0 aliphatic carbocycles. The second kappa shape index (κ2) is 13.5. The maximum Gasteiger partial charge on any atom is 0.307 e. The Hall–Kier alpha value is -1.58. The molecule has 1 atom stereocenters. The fourth-order valence-corrected chi connectivity index (χ4v) is 1.30. The van der Waals surface area contributed by atoms with Crippen LogP contribution in [0.15, 0.2) is 25.5 Å². The summed E-state index contributed by atoms with van der Waals surface area (Å²) in [5.41, 5.74) is 0. The minimum absolute atomic E-state index is 0.161. The minimum Gasteiger partial charge on any atom is -0.481 e. The molecule has 104 valence electrons. The summed E-state index contributed by atoms with van der Waals surface area (Å²) in [6.45, 7) is 10.2. The monoisotopic (exact) mass is 256 g/mol. The molecule has 0 saturated heterocycles. The molecule has 4 nitrogen and oxygen atoms in total. The molecule has 0 radical (unpaired) electrons. The number of carboxylic acids is 1. The zero-order valence-corrected chi connectivity index (χ0v) is 11.4. The first kappa shape index (κ1) is 18.8. The third-order valence-electron chi connectivity index (χ3n) is 2.20. The molecule has 0 bridgehead atoms. The first-order valence-electron chi connectivity index (χ1n) is 6.10. The number of hydrogen-bond acceptors (Lipinski definition) is 3. The van der Waals surface area contributed by atoms with E-state index in [1.807, 2.05) is 0 Å². The van der Waals surface area contributed by atoms with E-state index in [0.717, 1.165) is 19.1 Å². The SMILES string of the molecule is C=CC(CCCCC)CC(=O)O.C=COC(C)=O. The molecule has 0 heterocycles. The van der Waals surface area contributed by atoms with Gasteiger partial charge in [0.1, 0.15) is 0 Å². The second-order valence-electron chi connectivity index (χ2n) is 3.87. The van der Waals surface area contributed by atoms with Crippen LogP contribution >= 0.6 is 0 Å². The minimum atomic E-state index is -0.726. The van der Waals surface area contributed by atoms with Crippen molar-refractivity contribution in [2.75, 3.05) is 0 Å². The molecule has 0 aromatic heterocycles. The van der Waals surface area contributed by atoms with Crippen molar-refractivity contribution in [3.05, 3.63) is 25.5 Å². The predicted molar refractivity (Wildman–Crippen MR) is 72.0 cm³/mol. The summed E-state index contributed by atoms with van der Waals surface area (Å²) < 4.78 is 4.17. The van der Waals surface area contributed by atoms with Gasteiger partial charge < -0.3 is 9.84 Å². The van der Waals surface area contributed by atoms with Crippen molar-refractivity contribution < 1.29 is 19.4 Å². The first-order valence-corrected chi connectivity index (χ1v) is 6.10. The molecule has 0 aliphatic heterocycles. The third kappa shape index (κ3) is 16.8. The Morgan fingerprint density at radius 1 is 1.33 bits per heavy atom. The fraction of sp³-hybridized carbons (Fsp3) is 0.571. The number of aliphatic carboxylic acids is 1. The number of rotatable bonds is 8. The Balaban J connectivity index is 0. The van der Waals surface area contributed by atoms with Gasteiger partial charge in [0.25, 0.3) is 0 Å². The van der Waals surface area contributed by atoms with Crippen molar-refractivity contribution >= 4 is 11.9 Å². The summed E-state index contributed by atoms with van der Waals surface area (Å²) in [6.07, 6.45) is 7.52. The summed E-state index contributed by atoms with van der Waals surface area (Å²) in [4.78, 5) is 20.1. The van der Waals surface area contributed by atoms with Crippen LogP contribution in [0.25, 0.3) is 0 Å². The van der Waals surface area contributed by atoms with Crippen LogP contribution in [0.4, 0.5) is 0 Å². The van der Waals surface area contributed by atoms with Gasteiger partial charge in [0, 0.05) is 6.92 Å². The van der Waals surface area contributed by atoms with E-state index in [1.165, 1.54) is 19.8 Å². The predicted octanol–water partition coefficient (Wildman–Crippen LogP) is 3.54. The van der Waals surface area contributed by atoms with Gasteiger partial charge in [0.05, 0.1) is 12.7 Å². The largest absolute Gasteiger partial charge is 0.481 e. The van der Waals surface area contributed by atoms with Crippen LogP contribution in [-0.4, -0.2) is 17.0 Å². The summed E-state index contributed by atoms with van der Waals surface area (Å²) in [5, 5.41) is 8.52. The highest BCUT2D eigenvalue weighted by Gasteiger charge is 2.08. The molecule has 1 N–H and O–H groups in total. The Morgan fingerprint density at radius 2 is 1.94 bits per heavy atom. The Bertz CT molecular complexity index is 259. The lowest BCUT2D eigenvalue weighted by atomic mass is 9.98. The molecular weight excluding hydrogens is 232 g/mol. The van der Waals surface area contributed by atoms with Gasteiger partial charge in [-0.05, 0) is 12.3 Å². The van der Waals surface area contributed by atoms with Crippen LogP contribution in [0.2, 0.25) is 0 Å². The number of allylic oxidation sites excluding steroid dienone is 1. The van der Waals surface area contributed by atoms with Crippen LogP contribution in [0.1, 0.15) is 46.0 Å². The number of carbonyl (C=O) groups excluding carboxylic acids is 1. The standard InChI is InChI=1S/C10H18O2.C4H6O2/c1-3-5-6-7-9(4-2)8-10(11)12;1-3-6-4(2)5/h4,9H,2-3,5-8H2,1H3,(H,11,12);3H,1H2,2H3. The van der Waals surface area contributed by atoms with E-state index in [4.69, 9.17) is 5.11 Å². The smallest absolute Gasteiger partial charge is 0.307 e. The second-order valence-corrected chi connectivity index (χ2v) is 3.87. The normalized spacial score (nSPS) is 10.6. The first-order chi connectivity index (χ1) is 8.47. The topological polar surface area (TPSA) is 63.6 Å². The Labute approximate surface area is 109 Å². The molecule has 0 rings (SSSR count). The van der Waals surface area contributed by atoms with Gasteiger partial charge in [-0.15, -0.1) is 6.58 Å². The molecular formula is C14H24O4. The van der Waals surface area contributed by atoms with Crippen molar-refractivity contribution in [1.82, 2.24) is 0 Å². The number of carboxylic acid groups (broad SMARTS) is 1. The number of ether oxygens (including phenoxy) is 1. The number of esters is 1. The lowest BCUT2D eigenvalue weighted by Gasteiger charge is -2.07. The average Bonchev–Trinajstić information content (AvgIpc) is 2.28. The van der Waals surface area contributed by atoms with Gasteiger partial charge in [-0.3, -0.25) is 9.59 Å². The third-order valence-corrected chi connectivity index (χ3v) is 2.20. The molecule has 0 aromatic rings. The maximum absolute atomic E-state index is 10.4. The van der Waals surface area contributed by atoms with E-state index in [0.29, 0.717) is 0 Å². The Kier molecular flexibility index (Phi) is 14.1. The molecule has 0 fully saturated rings. The quantitative estimate of drug-likeness (QED) is 0.312. The van der Waals surface area contributed by atoms with E-state index < -0.39 is 5.97 Å². The highest BCUT2D eigenvalue weighted by Crippen LogP contribution is 2.14. The van der Waals surface area contributed by atoms with Gasteiger partial charge in [-0.25, -0.2) is 0 Å². The lowest BCUT2D eigenvalue weighted by molar-refractivity contribution is -0.138. The van der Waals surface area contributed by atoms with Gasteiger partial charge in [-0.2, -0.15) is 0 Å². The summed E-state index contributed by atoms with van der Waals surface area (Å²) in [6, 6.07) is 0. The van der Waals surface area contributed by atoms with Gasteiger partial charge >= 0.3 is 11.9 Å². The van der Waals surface area contributed by atoms with E-state index in [2.05, 4.69) is 24.8 Å².